The molecule has 0 amide bonds. The molecule has 0 radical (unpaired) electrons. The molecule has 1 aromatic rings. The monoisotopic (exact) mass is 286 g/mol. The minimum Gasteiger partial charge on any atom is -0.496 e. The number of aliphatic hydroxyl groups is 1. The average molecular weight is 287 g/mol. The number of aliphatic hydroxyl groups excluding tert-OH is 1. The molecule has 0 bridgehead atoms. The van der Waals surface area contributed by atoms with E-state index in [1.165, 1.54) is 5.56 Å². The summed E-state index contributed by atoms with van der Waals surface area (Å²) in [5, 5.41) is 12.7. The average Bonchev–Trinajstić information content (AvgIpc) is 2.46. The van der Waals surface area contributed by atoms with Crippen LogP contribution in [0.1, 0.15) is 18.0 Å². The molecule has 0 aromatic heterocycles. The molecule has 108 valence electrons. The number of rotatable bonds is 5. The molecule has 0 unspecified atom stereocenters. The van der Waals surface area contributed by atoms with E-state index >= 15 is 0 Å². The minimum absolute atomic E-state index is 0. The van der Waals surface area contributed by atoms with Gasteiger partial charge in [0.15, 0.2) is 0 Å². The smallest absolute Gasteiger partial charge is 0.123 e. The van der Waals surface area contributed by atoms with Gasteiger partial charge < -0.3 is 15.2 Å². The highest BCUT2D eigenvalue weighted by atomic mass is 35.5. The predicted octanol–water partition coefficient (Wildman–Crippen LogP) is 1.45. The zero-order valence-corrected chi connectivity index (χ0v) is 12.2. The molecular weight excluding hydrogens is 264 g/mol. The van der Waals surface area contributed by atoms with Crippen molar-refractivity contribution in [1.29, 1.82) is 0 Å². The number of nitrogens with zero attached hydrogens (tertiary/aromatic N) is 1. The highest BCUT2D eigenvalue weighted by Crippen LogP contribution is 2.31. The van der Waals surface area contributed by atoms with E-state index in [1.54, 1.807) is 7.11 Å². The Hall–Kier alpha value is -0.810. The fourth-order valence-corrected chi connectivity index (χ4v) is 2.59. The molecule has 1 aliphatic heterocycles. The third-order valence-electron chi connectivity index (χ3n) is 3.49. The number of para-hydroxylation sites is 1. The minimum atomic E-state index is 0. The van der Waals surface area contributed by atoms with Gasteiger partial charge in [-0.2, -0.15) is 0 Å². The maximum Gasteiger partial charge on any atom is 0.123 e. The fourth-order valence-electron chi connectivity index (χ4n) is 2.59. The van der Waals surface area contributed by atoms with Gasteiger partial charge in [-0.1, -0.05) is 18.2 Å². The Balaban J connectivity index is 0.00000180. The van der Waals surface area contributed by atoms with Crippen LogP contribution in [0, 0.1) is 0 Å². The van der Waals surface area contributed by atoms with Crippen molar-refractivity contribution in [2.24, 2.45) is 0 Å². The summed E-state index contributed by atoms with van der Waals surface area (Å²) in [6.07, 6.45) is 0.750. The van der Waals surface area contributed by atoms with E-state index in [2.05, 4.69) is 16.3 Å². The van der Waals surface area contributed by atoms with Crippen LogP contribution in [0.3, 0.4) is 0 Å². The summed E-state index contributed by atoms with van der Waals surface area (Å²) in [7, 11) is 1.70. The Morgan fingerprint density at radius 2 is 2.00 bits per heavy atom. The maximum absolute atomic E-state index is 9.31. The van der Waals surface area contributed by atoms with Crippen molar-refractivity contribution in [3.05, 3.63) is 29.8 Å². The van der Waals surface area contributed by atoms with Crippen LogP contribution in [0.2, 0.25) is 0 Å². The summed E-state index contributed by atoms with van der Waals surface area (Å²) in [5.41, 5.74) is 1.18. The van der Waals surface area contributed by atoms with Gasteiger partial charge in [-0.25, -0.2) is 0 Å². The molecule has 1 fully saturated rings. The number of piperazine rings is 1. The van der Waals surface area contributed by atoms with Crippen molar-refractivity contribution in [3.63, 3.8) is 0 Å². The summed E-state index contributed by atoms with van der Waals surface area (Å²) in [4.78, 5) is 2.42. The van der Waals surface area contributed by atoms with Crippen LogP contribution in [0.4, 0.5) is 0 Å². The van der Waals surface area contributed by atoms with Crippen molar-refractivity contribution in [3.8, 4) is 5.75 Å². The van der Waals surface area contributed by atoms with Gasteiger partial charge in [0.25, 0.3) is 0 Å². The van der Waals surface area contributed by atoms with Crippen LogP contribution in [-0.4, -0.2) is 49.9 Å². The second kappa shape index (κ2) is 8.38. The van der Waals surface area contributed by atoms with Crippen LogP contribution in [-0.2, 0) is 0 Å². The molecule has 2 rings (SSSR count). The van der Waals surface area contributed by atoms with E-state index in [1.807, 2.05) is 18.2 Å². The zero-order valence-electron chi connectivity index (χ0n) is 11.3. The van der Waals surface area contributed by atoms with Crippen molar-refractivity contribution in [2.75, 3.05) is 39.9 Å². The number of halogens is 1. The van der Waals surface area contributed by atoms with Gasteiger partial charge in [-0.05, 0) is 12.5 Å². The first kappa shape index (κ1) is 16.2. The molecule has 0 spiro atoms. The fraction of sp³-hybridized carbons (Fsp3) is 0.571. The van der Waals surface area contributed by atoms with Crippen LogP contribution in [0.15, 0.2) is 24.3 Å². The second-order valence-electron chi connectivity index (χ2n) is 4.56. The van der Waals surface area contributed by atoms with Gasteiger partial charge in [0.2, 0.25) is 0 Å². The van der Waals surface area contributed by atoms with Crippen LogP contribution in [0.5, 0.6) is 5.75 Å². The standard InChI is InChI=1S/C14H22N2O2.ClH/c1-18-14-5-3-2-4-12(14)13(6-11-17)16-9-7-15-8-10-16;/h2-5,13,15,17H,6-11H2,1H3;1H/t13-;/m1./s1. The van der Waals surface area contributed by atoms with E-state index in [4.69, 9.17) is 4.74 Å². The number of benzene rings is 1. The summed E-state index contributed by atoms with van der Waals surface area (Å²) in [5.74, 6) is 0.912. The first-order chi connectivity index (χ1) is 8.86. The molecule has 2 N–H and O–H groups in total. The number of hydrogen-bond donors (Lipinski definition) is 2. The molecule has 19 heavy (non-hydrogen) atoms. The first-order valence-corrected chi connectivity index (χ1v) is 6.55. The molecule has 1 aromatic carbocycles. The lowest BCUT2D eigenvalue weighted by molar-refractivity contribution is 0.139. The molecular formula is C14H23ClN2O2. The Labute approximate surface area is 121 Å². The van der Waals surface area contributed by atoms with Gasteiger partial charge in [0.1, 0.15) is 5.75 Å². The number of ether oxygens (including phenoxy) is 1. The topological polar surface area (TPSA) is 44.7 Å². The number of hydrogen-bond acceptors (Lipinski definition) is 4. The van der Waals surface area contributed by atoms with E-state index in [0.717, 1.165) is 38.3 Å². The van der Waals surface area contributed by atoms with Crippen molar-refractivity contribution < 1.29 is 9.84 Å². The predicted molar refractivity (Wildman–Crippen MR) is 79.1 cm³/mol. The maximum atomic E-state index is 9.31. The van der Waals surface area contributed by atoms with Crippen LogP contribution < -0.4 is 10.1 Å². The summed E-state index contributed by atoms with van der Waals surface area (Å²) >= 11 is 0. The Morgan fingerprint density at radius 3 is 2.63 bits per heavy atom. The van der Waals surface area contributed by atoms with E-state index in [-0.39, 0.29) is 25.1 Å². The normalized spacial score (nSPS) is 17.6. The van der Waals surface area contributed by atoms with Crippen molar-refractivity contribution in [1.82, 2.24) is 10.2 Å². The molecule has 1 aliphatic rings. The van der Waals surface area contributed by atoms with Crippen molar-refractivity contribution in [2.45, 2.75) is 12.5 Å². The molecule has 1 heterocycles. The Kier molecular flexibility index (Phi) is 7.16. The van der Waals surface area contributed by atoms with Crippen molar-refractivity contribution >= 4 is 12.4 Å². The second-order valence-corrected chi connectivity index (χ2v) is 4.56. The molecule has 4 nitrogen and oxygen atoms in total. The Morgan fingerprint density at radius 1 is 1.32 bits per heavy atom. The van der Waals surface area contributed by atoms with E-state index in [0.29, 0.717) is 0 Å². The largest absolute Gasteiger partial charge is 0.496 e. The lowest BCUT2D eigenvalue weighted by Crippen LogP contribution is -2.45. The summed E-state index contributed by atoms with van der Waals surface area (Å²) in [6.45, 7) is 4.26. The first-order valence-electron chi connectivity index (χ1n) is 6.55. The van der Waals surface area contributed by atoms with Crippen LogP contribution >= 0.6 is 12.4 Å². The lowest BCUT2D eigenvalue weighted by Gasteiger charge is -2.35. The number of methoxy groups -OCH3 is 1. The molecule has 5 heteroatoms. The SMILES string of the molecule is COc1ccccc1[C@@H](CCO)N1CCNCC1.Cl. The molecule has 0 saturated carbocycles. The summed E-state index contributed by atoms with van der Waals surface area (Å²) < 4.78 is 5.44. The highest BCUT2D eigenvalue weighted by Gasteiger charge is 2.23. The highest BCUT2D eigenvalue weighted by molar-refractivity contribution is 5.85. The van der Waals surface area contributed by atoms with Gasteiger partial charge in [-0.15, -0.1) is 12.4 Å². The third-order valence-corrected chi connectivity index (χ3v) is 3.49. The quantitative estimate of drug-likeness (QED) is 0.860. The molecule has 1 atom stereocenters. The van der Waals surface area contributed by atoms with E-state index in [9.17, 15) is 5.11 Å². The molecule has 0 aliphatic carbocycles. The summed E-state index contributed by atoms with van der Waals surface area (Å²) in [6, 6.07) is 8.34. The third kappa shape index (κ3) is 4.08. The van der Waals surface area contributed by atoms with Gasteiger partial charge in [-0.3, -0.25) is 4.90 Å². The zero-order chi connectivity index (χ0) is 12.8. The molecule has 1 saturated heterocycles. The lowest BCUT2D eigenvalue weighted by atomic mass is 10.0. The van der Waals surface area contributed by atoms with Gasteiger partial charge in [0.05, 0.1) is 7.11 Å². The van der Waals surface area contributed by atoms with Gasteiger partial charge in [0, 0.05) is 44.4 Å². The van der Waals surface area contributed by atoms with E-state index < -0.39 is 0 Å². The van der Waals surface area contributed by atoms with Crippen LogP contribution in [0.25, 0.3) is 0 Å². The number of nitrogens with one attached hydrogen (secondary N) is 1. The van der Waals surface area contributed by atoms with Gasteiger partial charge >= 0.3 is 0 Å². The Bertz CT molecular complexity index is 370.